The van der Waals surface area contributed by atoms with Crippen LogP contribution in [0, 0.1) is 11.3 Å². The SMILES string of the molecule is COc1cc2nc3ccc(Cl)cc3c(C#N)c2cc1OC. The third-order valence-electron chi connectivity index (χ3n) is 3.35. The lowest BCUT2D eigenvalue weighted by Gasteiger charge is -2.11. The van der Waals surface area contributed by atoms with Crippen LogP contribution in [0.1, 0.15) is 5.56 Å². The molecule has 2 aromatic carbocycles. The van der Waals surface area contributed by atoms with Gasteiger partial charge in [-0.3, -0.25) is 0 Å². The second kappa shape index (κ2) is 5.12. The van der Waals surface area contributed by atoms with Gasteiger partial charge in [-0.15, -0.1) is 0 Å². The summed E-state index contributed by atoms with van der Waals surface area (Å²) < 4.78 is 10.6. The van der Waals surface area contributed by atoms with E-state index in [1.807, 2.05) is 0 Å². The normalized spacial score (nSPS) is 10.6. The zero-order valence-corrected chi connectivity index (χ0v) is 12.2. The van der Waals surface area contributed by atoms with Gasteiger partial charge in [0.15, 0.2) is 11.5 Å². The molecule has 0 unspecified atom stereocenters. The number of rotatable bonds is 2. The fourth-order valence-electron chi connectivity index (χ4n) is 2.36. The summed E-state index contributed by atoms with van der Waals surface area (Å²) in [7, 11) is 3.12. The molecule has 0 fully saturated rings. The monoisotopic (exact) mass is 298 g/mol. The van der Waals surface area contributed by atoms with E-state index in [0.29, 0.717) is 33.0 Å². The van der Waals surface area contributed by atoms with Gasteiger partial charge in [-0.05, 0) is 24.3 Å². The Morgan fingerprint density at radius 3 is 2.33 bits per heavy atom. The highest BCUT2D eigenvalue weighted by molar-refractivity contribution is 6.31. The summed E-state index contributed by atoms with van der Waals surface area (Å²) in [6.45, 7) is 0. The molecule has 1 heterocycles. The molecule has 0 aliphatic heterocycles. The van der Waals surface area contributed by atoms with Gasteiger partial charge in [-0.25, -0.2) is 4.98 Å². The van der Waals surface area contributed by atoms with E-state index in [4.69, 9.17) is 21.1 Å². The number of ether oxygens (including phenoxy) is 2. The Morgan fingerprint density at radius 2 is 1.67 bits per heavy atom. The van der Waals surface area contributed by atoms with Crippen molar-refractivity contribution >= 4 is 33.4 Å². The number of hydrogen-bond donors (Lipinski definition) is 0. The summed E-state index contributed by atoms with van der Waals surface area (Å²) in [5, 5.41) is 11.5. The van der Waals surface area contributed by atoms with Crippen LogP contribution in [0.2, 0.25) is 5.02 Å². The minimum absolute atomic E-state index is 0.526. The zero-order chi connectivity index (χ0) is 15.0. The summed E-state index contributed by atoms with van der Waals surface area (Å²) in [6.07, 6.45) is 0. The summed E-state index contributed by atoms with van der Waals surface area (Å²) in [6, 6.07) is 11.1. The number of benzene rings is 2. The molecule has 0 aliphatic rings. The van der Waals surface area contributed by atoms with E-state index in [9.17, 15) is 5.26 Å². The van der Waals surface area contributed by atoms with Gasteiger partial charge in [0, 0.05) is 21.9 Å². The van der Waals surface area contributed by atoms with Gasteiger partial charge in [0.25, 0.3) is 0 Å². The predicted octanol–water partition coefficient (Wildman–Crippen LogP) is 3.93. The Hall–Kier alpha value is -2.51. The lowest BCUT2D eigenvalue weighted by Crippen LogP contribution is -1.94. The molecule has 0 N–H and O–H groups in total. The van der Waals surface area contributed by atoms with Crippen LogP contribution in [0.4, 0.5) is 0 Å². The van der Waals surface area contributed by atoms with Crippen LogP contribution >= 0.6 is 11.6 Å². The smallest absolute Gasteiger partial charge is 0.162 e. The fraction of sp³-hybridized carbons (Fsp3) is 0.125. The van der Waals surface area contributed by atoms with E-state index in [-0.39, 0.29) is 0 Å². The van der Waals surface area contributed by atoms with E-state index in [1.54, 1.807) is 44.6 Å². The van der Waals surface area contributed by atoms with Crippen molar-refractivity contribution in [3.63, 3.8) is 0 Å². The molecule has 0 saturated carbocycles. The average Bonchev–Trinajstić information content (AvgIpc) is 2.51. The minimum atomic E-state index is 0.526. The van der Waals surface area contributed by atoms with Gasteiger partial charge in [-0.1, -0.05) is 11.6 Å². The second-order valence-electron chi connectivity index (χ2n) is 4.48. The molecule has 0 amide bonds. The molecule has 21 heavy (non-hydrogen) atoms. The van der Waals surface area contributed by atoms with Gasteiger partial charge in [0.1, 0.15) is 6.07 Å². The van der Waals surface area contributed by atoms with Crippen molar-refractivity contribution < 1.29 is 9.47 Å². The van der Waals surface area contributed by atoms with Crippen molar-refractivity contribution in [1.29, 1.82) is 5.26 Å². The number of hydrogen-bond acceptors (Lipinski definition) is 4. The standard InChI is InChI=1S/C16H11ClN2O2/c1-20-15-6-11-12(8-18)10-5-9(17)3-4-13(10)19-14(11)7-16(15)21-2/h3-7H,1-2H3. The van der Waals surface area contributed by atoms with E-state index in [1.165, 1.54) is 0 Å². The lowest BCUT2D eigenvalue weighted by molar-refractivity contribution is 0.356. The third kappa shape index (κ3) is 2.12. The number of nitrogens with zero attached hydrogens (tertiary/aromatic N) is 2. The van der Waals surface area contributed by atoms with Crippen LogP contribution in [0.25, 0.3) is 21.8 Å². The first-order valence-corrected chi connectivity index (χ1v) is 6.61. The average molecular weight is 299 g/mol. The van der Waals surface area contributed by atoms with Crippen LogP contribution in [-0.2, 0) is 0 Å². The molecule has 0 spiro atoms. The van der Waals surface area contributed by atoms with Gasteiger partial charge in [0.05, 0.1) is 30.8 Å². The van der Waals surface area contributed by atoms with E-state index in [0.717, 1.165) is 10.9 Å². The molecular weight excluding hydrogens is 288 g/mol. The maximum Gasteiger partial charge on any atom is 0.162 e. The van der Waals surface area contributed by atoms with E-state index < -0.39 is 0 Å². The number of halogens is 1. The lowest BCUT2D eigenvalue weighted by atomic mass is 10.0. The first-order chi connectivity index (χ1) is 10.2. The quantitative estimate of drug-likeness (QED) is 0.673. The van der Waals surface area contributed by atoms with E-state index >= 15 is 0 Å². The molecule has 0 bridgehead atoms. The van der Waals surface area contributed by atoms with Crippen LogP contribution in [0.3, 0.4) is 0 Å². The molecule has 0 radical (unpaired) electrons. The molecular formula is C16H11ClN2O2. The van der Waals surface area contributed by atoms with Gasteiger partial charge < -0.3 is 9.47 Å². The highest BCUT2D eigenvalue weighted by Crippen LogP contribution is 2.35. The first-order valence-electron chi connectivity index (χ1n) is 6.23. The number of nitriles is 1. The second-order valence-corrected chi connectivity index (χ2v) is 4.92. The number of pyridine rings is 1. The summed E-state index contributed by atoms with van der Waals surface area (Å²) in [5.74, 6) is 1.14. The van der Waals surface area contributed by atoms with Crippen molar-refractivity contribution in [2.45, 2.75) is 0 Å². The maximum atomic E-state index is 9.52. The highest BCUT2D eigenvalue weighted by atomic mass is 35.5. The van der Waals surface area contributed by atoms with Crippen molar-refractivity contribution in [1.82, 2.24) is 4.98 Å². The Balaban J connectivity index is 2.49. The molecule has 4 nitrogen and oxygen atoms in total. The van der Waals surface area contributed by atoms with Crippen molar-refractivity contribution in [2.24, 2.45) is 0 Å². The molecule has 3 rings (SSSR count). The fourth-order valence-corrected chi connectivity index (χ4v) is 2.53. The Bertz CT molecular complexity index is 900. The van der Waals surface area contributed by atoms with Gasteiger partial charge in [-0.2, -0.15) is 5.26 Å². The van der Waals surface area contributed by atoms with Crippen molar-refractivity contribution in [3.05, 3.63) is 40.9 Å². The molecule has 1 aromatic heterocycles. The number of fused-ring (bicyclic) bond motifs is 2. The Kier molecular flexibility index (Phi) is 3.28. The van der Waals surface area contributed by atoms with Crippen molar-refractivity contribution in [3.8, 4) is 17.6 Å². The molecule has 5 heteroatoms. The molecule has 0 saturated heterocycles. The first kappa shape index (κ1) is 13.5. The minimum Gasteiger partial charge on any atom is -0.493 e. The molecule has 3 aromatic rings. The summed E-state index contributed by atoms with van der Waals surface area (Å²) >= 11 is 6.02. The van der Waals surface area contributed by atoms with Crippen LogP contribution < -0.4 is 9.47 Å². The topological polar surface area (TPSA) is 55.1 Å². The summed E-state index contributed by atoms with van der Waals surface area (Å²) in [5.41, 5.74) is 1.92. The summed E-state index contributed by atoms with van der Waals surface area (Å²) in [4.78, 5) is 4.57. The Labute approximate surface area is 126 Å². The third-order valence-corrected chi connectivity index (χ3v) is 3.59. The molecule has 104 valence electrons. The predicted molar refractivity (Wildman–Crippen MR) is 82.1 cm³/mol. The highest BCUT2D eigenvalue weighted by Gasteiger charge is 2.13. The van der Waals surface area contributed by atoms with Gasteiger partial charge in [0.2, 0.25) is 0 Å². The van der Waals surface area contributed by atoms with Crippen LogP contribution in [-0.4, -0.2) is 19.2 Å². The maximum absolute atomic E-state index is 9.52. The largest absolute Gasteiger partial charge is 0.493 e. The van der Waals surface area contributed by atoms with Gasteiger partial charge >= 0.3 is 0 Å². The van der Waals surface area contributed by atoms with Crippen LogP contribution in [0.15, 0.2) is 30.3 Å². The van der Waals surface area contributed by atoms with Crippen LogP contribution in [0.5, 0.6) is 11.5 Å². The number of aromatic nitrogens is 1. The van der Waals surface area contributed by atoms with E-state index in [2.05, 4.69) is 11.1 Å². The number of methoxy groups -OCH3 is 2. The molecule has 0 aliphatic carbocycles. The molecule has 0 atom stereocenters. The zero-order valence-electron chi connectivity index (χ0n) is 11.5. The Morgan fingerprint density at radius 1 is 1.00 bits per heavy atom. The van der Waals surface area contributed by atoms with Crippen molar-refractivity contribution in [2.75, 3.05) is 14.2 Å².